The molecule has 0 aliphatic carbocycles. The van der Waals surface area contributed by atoms with Crippen LogP contribution in [0.1, 0.15) is 23.8 Å². The van der Waals surface area contributed by atoms with Crippen LogP contribution in [0.3, 0.4) is 0 Å². The zero-order valence-corrected chi connectivity index (χ0v) is 19.8. The van der Waals surface area contributed by atoms with E-state index in [-0.39, 0.29) is 23.0 Å². The molecule has 0 saturated carbocycles. The first-order chi connectivity index (χ1) is 16.1. The van der Waals surface area contributed by atoms with Gasteiger partial charge in [-0.2, -0.15) is 0 Å². The smallest absolute Gasteiger partial charge is 0.270 e. The molecule has 4 aromatic rings. The van der Waals surface area contributed by atoms with Crippen LogP contribution in [0.4, 0.5) is 4.39 Å². The maximum absolute atomic E-state index is 13.6. The molecule has 0 spiro atoms. The van der Waals surface area contributed by atoms with Gasteiger partial charge in [-0.05, 0) is 49.7 Å². The van der Waals surface area contributed by atoms with E-state index in [1.54, 1.807) is 37.4 Å². The fraction of sp³-hybridized carbons (Fsp3) is 0.200. The lowest BCUT2D eigenvalue weighted by Gasteiger charge is -2.23. The first-order valence-corrected chi connectivity index (χ1v) is 12.9. The summed E-state index contributed by atoms with van der Waals surface area (Å²) in [5.41, 5.74) is 2.33. The number of benzene rings is 2. The second-order valence-corrected chi connectivity index (χ2v) is 11.4. The molecule has 6 nitrogen and oxygen atoms in total. The van der Waals surface area contributed by atoms with Gasteiger partial charge in [0.15, 0.2) is 9.84 Å². The van der Waals surface area contributed by atoms with Crippen LogP contribution < -0.4 is 5.32 Å². The van der Waals surface area contributed by atoms with Crippen molar-refractivity contribution in [3.63, 3.8) is 0 Å². The highest BCUT2D eigenvalue weighted by molar-refractivity contribution is 7.91. The predicted molar refractivity (Wildman–Crippen MR) is 131 cm³/mol. The second-order valence-electron chi connectivity index (χ2n) is 8.81. The Morgan fingerprint density at radius 3 is 2.56 bits per heavy atom. The largest absolute Gasteiger partial charge is 0.344 e. The van der Waals surface area contributed by atoms with Gasteiger partial charge in [-0.3, -0.25) is 9.78 Å². The number of halogens is 2. The highest BCUT2D eigenvalue weighted by atomic mass is 35.5. The fourth-order valence-corrected chi connectivity index (χ4v) is 6.73. The lowest BCUT2D eigenvalue weighted by atomic mass is 10.0. The number of nitrogens with one attached hydrogen (secondary N) is 1. The molecular formula is C25H21ClFN3O3S. The molecule has 1 N–H and O–H groups in total. The number of nitrogens with zero attached hydrogens (tertiary/aromatic N) is 2. The number of hydrogen-bond donors (Lipinski definition) is 1. The van der Waals surface area contributed by atoms with Crippen LogP contribution in [0.15, 0.2) is 67.0 Å². The summed E-state index contributed by atoms with van der Waals surface area (Å²) >= 11 is 6.46. The van der Waals surface area contributed by atoms with Crippen molar-refractivity contribution < 1.29 is 17.6 Å². The quantitative estimate of drug-likeness (QED) is 0.439. The van der Waals surface area contributed by atoms with E-state index >= 15 is 0 Å². The van der Waals surface area contributed by atoms with Crippen molar-refractivity contribution in [2.45, 2.75) is 18.9 Å². The van der Waals surface area contributed by atoms with E-state index in [1.165, 1.54) is 12.1 Å². The van der Waals surface area contributed by atoms with Crippen LogP contribution in [-0.2, 0) is 9.84 Å². The molecule has 34 heavy (non-hydrogen) atoms. The molecular weight excluding hydrogens is 477 g/mol. The molecule has 1 fully saturated rings. The standard InChI is InChI=1S/C25H21ClFN3O3S/c1-25(10-11-34(32,33)15-25)29-24(31)22-12-23-19(13-28-22)20(18-4-2-3-5-21(18)26)14-30(23)17-8-6-16(27)7-9-17/h2-9,12-14H,10-11,15H2,1H3,(H,29,31)/t25-/m0/s1. The summed E-state index contributed by atoms with van der Waals surface area (Å²) < 4.78 is 39.3. The van der Waals surface area contributed by atoms with E-state index in [9.17, 15) is 17.6 Å². The van der Waals surface area contributed by atoms with Crippen molar-refractivity contribution >= 4 is 38.2 Å². The van der Waals surface area contributed by atoms with Crippen molar-refractivity contribution in [1.29, 1.82) is 0 Å². The number of carbonyl (C=O) groups is 1. The summed E-state index contributed by atoms with van der Waals surface area (Å²) in [6, 6.07) is 15.1. The Morgan fingerprint density at radius 2 is 1.88 bits per heavy atom. The predicted octanol–water partition coefficient (Wildman–Crippen LogP) is 4.79. The SMILES string of the molecule is C[C@]1(NC(=O)c2cc3c(cn2)c(-c2ccccc2Cl)cn3-c2ccc(F)cc2)CCS(=O)(=O)C1. The number of pyridine rings is 1. The van der Waals surface area contributed by atoms with Gasteiger partial charge in [-0.1, -0.05) is 29.8 Å². The molecule has 1 aliphatic heterocycles. The summed E-state index contributed by atoms with van der Waals surface area (Å²) in [7, 11) is -3.18. The molecule has 0 bridgehead atoms. The van der Waals surface area contributed by atoms with E-state index in [0.717, 1.165) is 16.5 Å². The zero-order chi connectivity index (χ0) is 24.1. The topological polar surface area (TPSA) is 81.1 Å². The third-order valence-electron chi connectivity index (χ3n) is 6.11. The number of sulfone groups is 1. The number of fused-ring (bicyclic) bond motifs is 1. The van der Waals surface area contributed by atoms with Crippen LogP contribution in [-0.4, -0.2) is 40.9 Å². The highest BCUT2D eigenvalue weighted by Gasteiger charge is 2.39. The van der Waals surface area contributed by atoms with Gasteiger partial charge < -0.3 is 9.88 Å². The molecule has 174 valence electrons. The Morgan fingerprint density at radius 1 is 1.15 bits per heavy atom. The van der Waals surface area contributed by atoms with Crippen molar-refractivity contribution in [2.24, 2.45) is 0 Å². The van der Waals surface area contributed by atoms with E-state index < -0.39 is 21.3 Å². The van der Waals surface area contributed by atoms with Gasteiger partial charge in [0.25, 0.3) is 5.91 Å². The first-order valence-electron chi connectivity index (χ1n) is 10.7. The maximum atomic E-state index is 13.6. The summed E-state index contributed by atoms with van der Waals surface area (Å²) in [6.07, 6.45) is 3.84. The van der Waals surface area contributed by atoms with Gasteiger partial charge >= 0.3 is 0 Å². The highest BCUT2D eigenvalue weighted by Crippen LogP contribution is 2.36. The van der Waals surface area contributed by atoms with Gasteiger partial charge in [0.1, 0.15) is 11.5 Å². The molecule has 1 saturated heterocycles. The molecule has 2 aromatic carbocycles. The van der Waals surface area contributed by atoms with Crippen molar-refractivity contribution in [3.05, 3.63) is 83.5 Å². The van der Waals surface area contributed by atoms with Crippen LogP contribution in [0, 0.1) is 5.82 Å². The molecule has 0 unspecified atom stereocenters. The molecule has 1 aliphatic rings. The van der Waals surface area contributed by atoms with Crippen LogP contribution in [0.25, 0.3) is 27.7 Å². The van der Waals surface area contributed by atoms with Crippen LogP contribution in [0.5, 0.6) is 0 Å². The molecule has 9 heteroatoms. The molecule has 3 heterocycles. The van der Waals surface area contributed by atoms with Crippen LogP contribution in [0.2, 0.25) is 5.02 Å². The number of rotatable bonds is 4. The first kappa shape index (κ1) is 22.6. The Labute approximate surface area is 201 Å². The van der Waals surface area contributed by atoms with E-state index in [2.05, 4.69) is 10.3 Å². The molecule has 1 atom stereocenters. The molecule has 2 aromatic heterocycles. The lowest BCUT2D eigenvalue weighted by Crippen LogP contribution is -2.47. The van der Waals surface area contributed by atoms with Crippen molar-refractivity contribution in [3.8, 4) is 16.8 Å². The van der Waals surface area contributed by atoms with Gasteiger partial charge in [-0.25, -0.2) is 12.8 Å². The third kappa shape index (κ3) is 4.19. The van der Waals surface area contributed by atoms with E-state index in [0.29, 0.717) is 22.6 Å². The average Bonchev–Trinajstić information content (AvgIpc) is 3.30. The van der Waals surface area contributed by atoms with Crippen molar-refractivity contribution in [2.75, 3.05) is 11.5 Å². The minimum Gasteiger partial charge on any atom is -0.344 e. The lowest BCUT2D eigenvalue weighted by molar-refractivity contribution is 0.0910. The minimum atomic E-state index is -3.18. The van der Waals surface area contributed by atoms with Crippen molar-refractivity contribution in [1.82, 2.24) is 14.9 Å². The number of aromatic nitrogens is 2. The Bertz CT molecular complexity index is 1530. The zero-order valence-electron chi connectivity index (χ0n) is 18.3. The normalized spacial score (nSPS) is 19.4. The van der Waals surface area contributed by atoms with Crippen LogP contribution >= 0.6 is 11.6 Å². The molecule has 1 amide bonds. The number of amides is 1. The monoisotopic (exact) mass is 497 g/mol. The second kappa shape index (κ2) is 8.21. The average molecular weight is 498 g/mol. The summed E-state index contributed by atoms with van der Waals surface area (Å²) in [5.74, 6) is -0.859. The summed E-state index contributed by atoms with van der Waals surface area (Å²) in [6.45, 7) is 1.73. The van der Waals surface area contributed by atoms with Gasteiger partial charge in [0.2, 0.25) is 0 Å². The maximum Gasteiger partial charge on any atom is 0.270 e. The molecule has 5 rings (SSSR count). The van der Waals surface area contributed by atoms with Gasteiger partial charge in [0, 0.05) is 39.6 Å². The fourth-order valence-electron chi connectivity index (χ4n) is 4.40. The summed E-state index contributed by atoms with van der Waals surface area (Å²) in [5, 5.41) is 4.18. The Kier molecular flexibility index (Phi) is 5.45. The Balaban J connectivity index is 1.62. The van der Waals surface area contributed by atoms with E-state index in [4.69, 9.17) is 11.6 Å². The van der Waals surface area contributed by atoms with Gasteiger partial charge in [-0.15, -0.1) is 0 Å². The van der Waals surface area contributed by atoms with E-state index in [1.807, 2.05) is 29.0 Å². The number of hydrogen-bond acceptors (Lipinski definition) is 4. The third-order valence-corrected chi connectivity index (χ3v) is 8.34. The summed E-state index contributed by atoms with van der Waals surface area (Å²) in [4.78, 5) is 17.4. The number of carbonyl (C=O) groups excluding carboxylic acids is 1. The molecule has 0 radical (unpaired) electrons. The Hall–Kier alpha value is -3.23. The minimum absolute atomic E-state index is 0.0465. The van der Waals surface area contributed by atoms with Gasteiger partial charge in [0.05, 0.1) is 22.6 Å².